The molecule has 1 heterocycles. The quantitative estimate of drug-likeness (QED) is 0.755. The third-order valence-electron chi connectivity index (χ3n) is 5.07. The minimum atomic E-state index is -0.0710. The molecular weight excluding hydrogens is 262 g/mol. The molecule has 0 aromatic heterocycles. The van der Waals surface area contributed by atoms with Crippen LogP contribution in [0.15, 0.2) is 11.6 Å². The Balaban J connectivity index is 2.18. The lowest BCUT2D eigenvalue weighted by Crippen LogP contribution is -2.56. The maximum Gasteiger partial charge on any atom is 0.0913 e. The van der Waals surface area contributed by atoms with E-state index in [2.05, 4.69) is 18.3 Å². The number of hydrogen-bond acceptors (Lipinski definition) is 3. The molecule has 0 bridgehead atoms. The highest BCUT2D eigenvalue weighted by Gasteiger charge is 2.41. The van der Waals surface area contributed by atoms with E-state index < -0.39 is 0 Å². The number of rotatable bonds is 6. The van der Waals surface area contributed by atoms with Gasteiger partial charge in [0.05, 0.1) is 11.6 Å². The first-order chi connectivity index (χ1) is 10.3. The fraction of sp³-hybridized carbons (Fsp3) is 0.889. The molecule has 1 aliphatic carbocycles. The number of allylic oxidation sites excluding steroid dienone is 1. The maximum atomic E-state index is 6.08. The van der Waals surface area contributed by atoms with E-state index in [1.54, 1.807) is 5.57 Å². The van der Waals surface area contributed by atoms with Crippen LogP contribution in [-0.2, 0) is 9.47 Å². The van der Waals surface area contributed by atoms with E-state index in [4.69, 9.17) is 9.47 Å². The van der Waals surface area contributed by atoms with E-state index in [-0.39, 0.29) is 5.60 Å². The molecule has 1 saturated heterocycles. The summed E-state index contributed by atoms with van der Waals surface area (Å²) in [6.45, 7) is 4.95. The van der Waals surface area contributed by atoms with E-state index >= 15 is 0 Å². The smallest absolute Gasteiger partial charge is 0.0913 e. The SMILES string of the molecule is CCCNC(C1=CCCCCCC1)C1(OC)CCOCC1. The fourth-order valence-electron chi connectivity index (χ4n) is 3.75. The Labute approximate surface area is 130 Å². The van der Waals surface area contributed by atoms with Gasteiger partial charge in [0, 0.05) is 33.2 Å². The van der Waals surface area contributed by atoms with Crippen molar-refractivity contribution in [2.75, 3.05) is 26.9 Å². The third-order valence-corrected chi connectivity index (χ3v) is 5.07. The Kier molecular flexibility index (Phi) is 7.21. The van der Waals surface area contributed by atoms with Crippen molar-refractivity contribution in [1.29, 1.82) is 0 Å². The van der Waals surface area contributed by atoms with Crippen molar-refractivity contribution in [3.05, 3.63) is 11.6 Å². The van der Waals surface area contributed by atoms with Gasteiger partial charge in [-0.05, 0) is 38.6 Å². The first kappa shape index (κ1) is 17.0. The highest BCUT2D eigenvalue weighted by Crippen LogP contribution is 2.34. The molecule has 2 aliphatic rings. The van der Waals surface area contributed by atoms with E-state index in [0.29, 0.717) is 6.04 Å². The summed E-state index contributed by atoms with van der Waals surface area (Å²) in [6, 6.07) is 0.365. The van der Waals surface area contributed by atoms with Gasteiger partial charge in [-0.15, -0.1) is 0 Å². The lowest BCUT2D eigenvalue weighted by molar-refractivity contribution is -0.104. The highest BCUT2D eigenvalue weighted by atomic mass is 16.5. The molecule has 122 valence electrons. The molecule has 21 heavy (non-hydrogen) atoms. The molecule has 0 aromatic rings. The van der Waals surface area contributed by atoms with Crippen LogP contribution < -0.4 is 5.32 Å². The fourth-order valence-corrected chi connectivity index (χ4v) is 3.75. The van der Waals surface area contributed by atoms with Crippen LogP contribution in [-0.4, -0.2) is 38.5 Å². The Bertz CT molecular complexity index is 321. The van der Waals surface area contributed by atoms with Crippen LogP contribution in [0.25, 0.3) is 0 Å². The van der Waals surface area contributed by atoms with Crippen LogP contribution in [0.3, 0.4) is 0 Å². The van der Waals surface area contributed by atoms with Crippen LogP contribution in [0.4, 0.5) is 0 Å². The number of hydrogen-bond donors (Lipinski definition) is 1. The average molecular weight is 295 g/mol. The molecule has 1 unspecified atom stereocenters. The molecule has 0 saturated carbocycles. The lowest BCUT2D eigenvalue weighted by atomic mass is 9.79. The average Bonchev–Trinajstić information content (AvgIpc) is 2.50. The summed E-state index contributed by atoms with van der Waals surface area (Å²) in [5.74, 6) is 0. The topological polar surface area (TPSA) is 30.5 Å². The standard InChI is InChI=1S/C18H33NO2/c1-3-13-19-17(16-9-7-5-4-6-8-10-16)18(20-2)11-14-21-15-12-18/h9,17,19H,3-8,10-15H2,1-2H3. The normalized spacial score (nSPS) is 24.8. The number of ether oxygens (including phenoxy) is 2. The molecule has 1 fully saturated rings. The largest absolute Gasteiger partial charge is 0.381 e. The van der Waals surface area contributed by atoms with Crippen molar-refractivity contribution in [2.45, 2.75) is 76.4 Å². The molecule has 0 spiro atoms. The zero-order valence-corrected chi connectivity index (χ0v) is 14.0. The molecule has 0 amide bonds. The maximum absolute atomic E-state index is 6.08. The van der Waals surface area contributed by atoms with Gasteiger partial charge in [-0.3, -0.25) is 0 Å². The van der Waals surface area contributed by atoms with Crippen LogP contribution in [0, 0.1) is 0 Å². The molecule has 2 rings (SSSR count). The van der Waals surface area contributed by atoms with Crippen molar-refractivity contribution in [3.63, 3.8) is 0 Å². The van der Waals surface area contributed by atoms with Crippen LogP contribution >= 0.6 is 0 Å². The molecule has 1 atom stereocenters. The van der Waals surface area contributed by atoms with Gasteiger partial charge >= 0.3 is 0 Å². The van der Waals surface area contributed by atoms with Crippen molar-refractivity contribution >= 4 is 0 Å². The molecule has 1 N–H and O–H groups in total. The van der Waals surface area contributed by atoms with E-state index in [1.807, 2.05) is 7.11 Å². The molecule has 3 nitrogen and oxygen atoms in total. The Morgan fingerprint density at radius 1 is 1.24 bits per heavy atom. The Morgan fingerprint density at radius 3 is 2.71 bits per heavy atom. The van der Waals surface area contributed by atoms with Crippen LogP contribution in [0.2, 0.25) is 0 Å². The molecule has 0 aromatic carbocycles. The predicted molar refractivity (Wildman–Crippen MR) is 87.7 cm³/mol. The van der Waals surface area contributed by atoms with Gasteiger partial charge in [0.1, 0.15) is 0 Å². The first-order valence-electron chi connectivity index (χ1n) is 8.87. The number of methoxy groups -OCH3 is 1. The minimum Gasteiger partial charge on any atom is -0.381 e. The molecule has 0 radical (unpaired) electrons. The summed E-state index contributed by atoms with van der Waals surface area (Å²) in [6.07, 6.45) is 13.6. The summed E-state index contributed by atoms with van der Waals surface area (Å²) in [5.41, 5.74) is 1.52. The second kappa shape index (κ2) is 8.92. The zero-order chi connectivity index (χ0) is 15.0. The summed E-state index contributed by atoms with van der Waals surface area (Å²) in [4.78, 5) is 0. The molecule has 3 heteroatoms. The molecule has 1 aliphatic heterocycles. The van der Waals surface area contributed by atoms with Crippen molar-refractivity contribution < 1.29 is 9.47 Å². The third kappa shape index (κ3) is 4.54. The van der Waals surface area contributed by atoms with Crippen LogP contribution in [0.1, 0.15) is 64.7 Å². The van der Waals surface area contributed by atoms with Gasteiger partial charge in [0.2, 0.25) is 0 Å². The van der Waals surface area contributed by atoms with Gasteiger partial charge in [-0.1, -0.05) is 31.4 Å². The van der Waals surface area contributed by atoms with E-state index in [9.17, 15) is 0 Å². The number of nitrogens with one attached hydrogen (secondary N) is 1. The second-order valence-electron chi connectivity index (χ2n) is 6.50. The van der Waals surface area contributed by atoms with Gasteiger partial charge in [0.15, 0.2) is 0 Å². The first-order valence-corrected chi connectivity index (χ1v) is 8.87. The van der Waals surface area contributed by atoms with Crippen molar-refractivity contribution in [2.24, 2.45) is 0 Å². The Hall–Kier alpha value is -0.380. The van der Waals surface area contributed by atoms with Gasteiger partial charge in [-0.2, -0.15) is 0 Å². The zero-order valence-electron chi connectivity index (χ0n) is 14.0. The van der Waals surface area contributed by atoms with Crippen molar-refractivity contribution in [1.82, 2.24) is 5.32 Å². The lowest BCUT2D eigenvalue weighted by Gasteiger charge is -2.44. The monoisotopic (exact) mass is 295 g/mol. The van der Waals surface area contributed by atoms with E-state index in [1.165, 1.54) is 44.9 Å². The van der Waals surface area contributed by atoms with Crippen molar-refractivity contribution in [3.8, 4) is 0 Å². The minimum absolute atomic E-state index is 0.0710. The summed E-state index contributed by atoms with van der Waals surface area (Å²) in [5, 5.41) is 3.80. The molecular formula is C18H33NO2. The van der Waals surface area contributed by atoms with Gasteiger partial charge in [-0.25, -0.2) is 0 Å². The van der Waals surface area contributed by atoms with Gasteiger partial charge in [0.25, 0.3) is 0 Å². The second-order valence-corrected chi connectivity index (χ2v) is 6.50. The van der Waals surface area contributed by atoms with Crippen LogP contribution in [0.5, 0.6) is 0 Å². The summed E-state index contributed by atoms with van der Waals surface area (Å²) >= 11 is 0. The summed E-state index contributed by atoms with van der Waals surface area (Å²) < 4.78 is 11.7. The Morgan fingerprint density at radius 2 is 2.00 bits per heavy atom. The summed E-state index contributed by atoms with van der Waals surface area (Å²) in [7, 11) is 1.88. The predicted octanol–water partition coefficient (Wildman–Crippen LogP) is 3.83. The van der Waals surface area contributed by atoms with E-state index in [0.717, 1.165) is 32.6 Å². The highest BCUT2D eigenvalue weighted by molar-refractivity contribution is 5.19. The van der Waals surface area contributed by atoms with Gasteiger partial charge < -0.3 is 14.8 Å².